The highest BCUT2D eigenvalue weighted by atomic mass is 35.5. The first-order chi connectivity index (χ1) is 11.5. The van der Waals surface area contributed by atoms with Crippen molar-refractivity contribution < 1.29 is 9.53 Å². The van der Waals surface area contributed by atoms with E-state index in [1.54, 1.807) is 24.3 Å². The number of hydrazine groups is 1. The number of amides is 1. The average molecular weight is 364 g/mol. The summed E-state index contributed by atoms with van der Waals surface area (Å²) in [5.74, 6) is 0.209. The lowest BCUT2D eigenvalue weighted by atomic mass is 10.1. The van der Waals surface area contributed by atoms with E-state index < -0.39 is 0 Å². The van der Waals surface area contributed by atoms with Gasteiger partial charge in [-0.15, -0.1) is 0 Å². The second-order valence-corrected chi connectivity index (χ2v) is 5.96. The van der Waals surface area contributed by atoms with Crippen molar-refractivity contribution >= 4 is 40.5 Å². The highest BCUT2D eigenvalue weighted by Gasteiger charge is 2.06. The molecule has 3 N–H and O–H groups in total. The molecule has 0 spiro atoms. The second-order valence-electron chi connectivity index (χ2n) is 5.12. The quantitative estimate of drug-likeness (QED) is 0.574. The number of hydrogen-bond acceptors (Lipinski definition) is 3. The Morgan fingerprint density at radius 2 is 1.83 bits per heavy atom. The van der Waals surface area contributed by atoms with Crippen LogP contribution < -0.4 is 20.9 Å². The summed E-state index contributed by atoms with van der Waals surface area (Å²) in [4.78, 5) is 11.7. The normalized spacial score (nSPS) is 9.96. The molecule has 0 unspecified atom stereocenters. The lowest BCUT2D eigenvalue weighted by Crippen LogP contribution is -2.45. The van der Waals surface area contributed by atoms with E-state index in [-0.39, 0.29) is 12.5 Å². The summed E-state index contributed by atoms with van der Waals surface area (Å²) in [6.45, 7) is 3.88. The summed E-state index contributed by atoms with van der Waals surface area (Å²) in [5.41, 5.74) is 8.26. The molecule has 5 nitrogen and oxygen atoms in total. The van der Waals surface area contributed by atoms with Crippen LogP contribution in [0, 0.1) is 13.8 Å². The molecule has 0 aliphatic carbocycles. The maximum absolute atomic E-state index is 11.7. The monoisotopic (exact) mass is 363 g/mol. The van der Waals surface area contributed by atoms with Crippen molar-refractivity contribution in [1.29, 1.82) is 0 Å². The van der Waals surface area contributed by atoms with Gasteiger partial charge in [-0.1, -0.05) is 23.7 Å². The number of carbonyl (C=O) groups excluding carboxylic acids is 1. The van der Waals surface area contributed by atoms with E-state index in [0.717, 1.165) is 16.8 Å². The van der Waals surface area contributed by atoms with Gasteiger partial charge >= 0.3 is 0 Å². The Morgan fingerprint density at radius 1 is 1.12 bits per heavy atom. The number of nitrogens with one attached hydrogen (secondary N) is 3. The third kappa shape index (κ3) is 5.40. The summed E-state index contributed by atoms with van der Waals surface area (Å²) >= 11 is 10.9. The van der Waals surface area contributed by atoms with Gasteiger partial charge in [-0.3, -0.25) is 15.6 Å². The fourth-order valence-electron chi connectivity index (χ4n) is 1.88. The molecule has 0 aliphatic rings. The van der Waals surface area contributed by atoms with E-state index >= 15 is 0 Å². The zero-order chi connectivity index (χ0) is 17.5. The van der Waals surface area contributed by atoms with Crippen LogP contribution in [-0.2, 0) is 4.79 Å². The van der Waals surface area contributed by atoms with Gasteiger partial charge in [0.05, 0.1) is 0 Å². The number of anilines is 1. The number of carbonyl (C=O) groups is 1. The lowest BCUT2D eigenvalue weighted by Gasteiger charge is -2.14. The third-order valence-corrected chi connectivity index (χ3v) is 3.81. The van der Waals surface area contributed by atoms with Crippen LogP contribution in [0.1, 0.15) is 11.1 Å². The molecule has 126 valence electrons. The van der Waals surface area contributed by atoms with E-state index in [9.17, 15) is 4.79 Å². The molecular formula is C17H18ClN3O2S. The second kappa shape index (κ2) is 8.52. The molecule has 2 aromatic carbocycles. The van der Waals surface area contributed by atoms with E-state index in [1.807, 2.05) is 32.0 Å². The minimum atomic E-state index is -0.352. The fraction of sp³-hybridized carbons (Fsp3) is 0.176. The van der Waals surface area contributed by atoms with Crippen molar-refractivity contribution in [2.24, 2.45) is 0 Å². The topological polar surface area (TPSA) is 62.4 Å². The number of benzene rings is 2. The molecular weight excluding hydrogens is 346 g/mol. The van der Waals surface area contributed by atoms with Crippen LogP contribution in [0.25, 0.3) is 0 Å². The molecule has 0 fully saturated rings. The number of thiocarbonyl (C=S) groups is 1. The van der Waals surface area contributed by atoms with Crippen molar-refractivity contribution in [3.63, 3.8) is 0 Å². The first-order valence-electron chi connectivity index (χ1n) is 7.26. The minimum absolute atomic E-state index is 0.138. The zero-order valence-corrected chi connectivity index (χ0v) is 14.9. The Morgan fingerprint density at radius 3 is 2.54 bits per heavy atom. The molecule has 0 bridgehead atoms. The van der Waals surface area contributed by atoms with E-state index in [4.69, 9.17) is 28.6 Å². The van der Waals surface area contributed by atoms with Crippen LogP contribution in [-0.4, -0.2) is 17.6 Å². The maximum Gasteiger partial charge on any atom is 0.276 e. The third-order valence-electron chi connectivity index (χ3n) is 3.35. The highest BCUT2D eigenvalue weighted by molar-refractivity contribution is 7.80. The van der Waals surface area contributed by atoms with Crippen molar-refractivity contribution in [3.05, 3.63) is 58.6 Å². The molecule has 0 atom stereocenters. The standard InChI is InChI=1S/C17H18ClN3O2S/c1-11-4-3-5-15(12(11)2)19-17(24)21-20-16(22)10-23-14-8-6-13(18)7-9-14/h3-9H,10H2,1-2H3,(H,20,22)(H2,19,21,24). The average Bonchev–Trinajstić information content (AvgIpc) is 2.56. The van der Waals surface area contributed by atoms with Gasteiger partial charge in [0.1, 0.15) is 5.75 Å². The Balaban J connectivity index is 1.75. The predicted molar refractivity (Wildman–Crippen MR) is 100 cm³/mol. The number of halogens is 1. The fourth-order valence-corrected chi connectivity index (χ4v) is 2.17. The van der Waals surface area contributed by atoms with E-state index in [2.05, 4.69) is 16.2 Å². The van der Waals surface area contributed by atoms with Gasteiger partial charge in [0.25, 0.3) is 5.91 Å². The van der Waals surface area contributed by atoms with Gasteiger partial charge in [0.2, 0.25) is 0 Å². The molecule has 0 radical (unpaired) electrons. The molecule has 0 aliphatic heterocycles. The largest absolute Gasteiger partial charge is 0.484 e. The first kappa shape index (κ1) is 18.0. The maximum atomic E-state index is 11.7. The Hall–Kier alpha value is -2.31. The van der Waals surface area contributed by atoms with Gasteiger partial charge in [0.15, 0.2) is 11.7 Å². The molecule has 0 aromatic heterocycles. The Labute approximate surface area is 151 Å². The van der Waals surface area contributed by atoms with Crippen LogP contribution >= 0.6 is 23.8 Å². The first-order valence-corrected chi connectivity index (χ1v) is 8.05. The smallest absolute Gasteiger partial charge is 0.276 e. The van der Waals surface area contributed by atoms with Gasteiger partial charge in [0, 0.05) is 10.7 Å². The molecule has 24 heavy (non-hydrogen) atoms. The molecule has 2 rings (SSSR count). The van der Waals surface area contributed by atoms with Crippen molar-refractivity contribution in [3.8, 4) is 5.75 Å². The predicted octanol–water partition coefficient (Wildman–Crippen LogP) is 3.35. The zero-order valence-electron chi connectivity index (χ0n) is 13.4. The molecule has 0 saturated carbocycles. The number of rotatable bonds is 4. The van der Waals surface area contributed by atoms with Crippen LogP contribution in [0.2, 0.25) is 5.02 Å². The Kier molecular flexibility index (Phi) is 6.40. The minimum Gasteiger partial charge on any atom is -0.484 e. The Bertz CT molecular complexity index is 735. The van der Waals surface area contributed by atoms with Crippen LogP contribution in [0.5, 0.6) is 5.75 Å². The summed E-state index contributed by atoms with van der Waals surface area (Å²) < 4.78 is 5.33. The van der Waals surface area contributed by atoms with E-state index in [0.29, 0.717) is 15.9 Å². The van der Waals surface area contributed by atoms with Crippen LogP contribution in [0.4, 0.5) is 5.69 Å². The van der Waals surface area contributed by atoms with E-state index in [1.165, 1.54) is 0 Å². The van der Waals surface area contributed by atoms with Gasteiger partial charge < -0.3 is 10.1 Å². The van der Waals surface area contributed by atoms with Crippen molar-refractivity contribution in [2.75, 3.05) is 11.9 Å². The summed E-state index contributed by atoms with van der Waals surface area (Å²) in [5, 5.41) is 3.94. The number of aryl methyl sites for hydroxylation is 1. The molecule has 0 heterocycles. The highest BCUT2D eigenvalue weighted by Crippen LogP contribution is 2.17. The van der Waals surface area contributed by atoms with Crippen LogP contribution in [0.3, 0.4) is 0 Å². The van der Waals surface area contributed by atoms with Gasteiger partial charge in [-0.05, 0) is 67.5 Å². The molecule has 7 heteroatoms. The molecule has 1 amide bonds. The van der Waals surface area contributed by atoms with Gasteiger partial charge in [-0.2, -0.15) is 0 Å². The summed E-state index contributed by atoms with van der Waals surface area (Å²) in [6, 6.07) is 12.6. The van der Waals surface area contributed by atoms with Crippen molar-refractivity contribution in [2.45, 2.75) is 13.8 Å². The van der Waals surface area contributed by atoms with Crippen molar-refractivity contribution in [1.82, 2.24) is 10.9 Å². The molecule has 0 saturated heterocycles. The number of hydrogen-bond donors (Lipinski definition) is 3. The molecule has 2 aromatic rings. The summed E-state index contributed by atoms with van der Waals surface area (Å²) in [6.07, 6.45) is 0. The van der Waals surface area contributed by atoms with Gasteiger partial charge in [-0.25, -0.2) is 0 Å². The summed E-state index contributed by atoms with van der Waals surface area (Å²) in [7, 11) is 0. The van der Waals surface area contributed by atoms with Crippen LogP contribution in [0.15, 0.2) is 42.5 Å². The number of ether oxygens (including phenoxy) is 1. The lowest BCUT2D eigenvalue weighted by molar-refractivity contribution is -0.123. The SMILES string of the molecule is Cc1cccc(NC(=S)NNC(=O)COc2ccc(Cl)cc2)c1C.